The van der Waals surface area contributed by atoms with E-state index in [2.05, 4.69) is 15.4 Å². The number of ether oxygens (including phenoxy) is 1. The van der Waals surface area contributed by atoms with Gasteiger partial charge in [0.05, 0.1) is 22.8 Å². The van der Waals surface area contributed by atoms with Crippen LogP contribution in [-0.2, 0) is 14.6 Å². The monoisotopic (exact) mass is 420 g/mol. The number of alkyl halides is 3. The number of sulfone groups is 1. The Hall–Kier alpha value is -2.82. The first-order valence-electron chi connectivity index (χ1n) is 7.77. The summed E-state index contributed by atoms with van der Waals surface area (Å²) < 4.78 is 78.4. The predicted molar refractivity (Wildman–Crippen MR) is 94.6 cm³/mol. The fourth-order valence-electron chi connectivity index (χ4n) is 2.19. The van der Waals surface area contributed by atoms with E-state index in [0.29, 0.717) is 0 Å². The number of rotatable bonds is 7. The lowest BCUT2D eigenvalue weighted by atomic mass is 10.2. The van der Waals surface area contributed by atoms with E-state index in [9.17, 15) is 30.8 Å². The lowest BCUT2D eigenvalue weighted by Crippen LogP contribution is -2.24. The van der Waals surface area contributed by atoms with Crippen molar-refractivity contribution >= 4 is 27.1 Å². The van der Waals surface area contributed by atoms with Crippen LogP contribution in [0.4, 0.5) is 28.9 Å². The van der Waals surface area contributed by atoms with Crippen LogP contribution in [-0.4, -0.2) is 39.9 Å². The second-order valence-corrected chi connectivity index (χ2v) is 7.70. The number of hydrogen-bond acceptors (Lipinski definition) is 5. The number of carbonyl (C=O) groups is 1. The van der Waals surface area contributed by atoms with Crippen molar-refractivity contribution < 1.29 is 35.5 Å². The molecule has 0 fully saturated rings. The molecule has 1 amide bonds. The summed E-state index contributed by atoms with van der Waals surface area (Å²) in [6.45, 7) is -2.05. The van der Waals surface area contributed by atoms with E-state index in [-0.39, 0.29) is 22.0 Å². The Morgan fingerprint density at radius 1 is 1.11 bits per heavy atom. The van der Waals surface area contributed by atoms with Gasteiger partial charge < -0.3 is 15.4 Å². The average molecular weight is 420 g/mol. The molecule has 11 heteroatoms. The van der Waals surface area contributed by atoms with E-state index in [1.165, 1.54) is 24.3 Å². The normalized spacial score (nSPS) is 11.8. The lowest BCUT2D eigenvalue weighted by Gasteiger charge is -2.15. The minimum absolute atomic E-state index is 0.0459. The van der Waals surface area contributed by atoms with Gasteiger partial charge in [0.25, 0.3) is 0 Å². The Balaban J connectivity index is 2.08. The smallest absolute Gasteiger partial charge is 0.422 e. The summed E-state index contributed by atoms with van der Waals surface area (Å²) in [6, 6.07) is 8.50. The molecule has 2 rings (SSSR count). The SMILES string of the molecule is CS(=O)(=O)c1ccccc1NC(=O)CNc1cc(F)ccc1OCC(F)(F)F. The van der Waals surface area contributed by atoms with E-state index < -0.39 is 40.9 Å². The molecule has 6 nitrogen and oxygen atoms in total. The summed E-state index contributed by atoms with van der Waals surface area (Å²) >= 11 is 0. The molecule has 2 N–H and O–H groups in total. The van der Waals surface area contributed by atoms with Gasteiger partial charge in [0.15, 0.2) is 16.4 Å². The molecule has 0 aliphatic carbocycles. The summed E-state index contributed by atoms with van der Waals surface area (Å²) in [5, 5.41) is 4.86. The maximum absolute atomic E-state index is 13.4. The van der Waals surface area contributed by atoms with Crippen molar-refractivity contribution in [2.75, 3.05) is 30.0 Å². The van der Waals surface area contributed by atoms with Crippen LogP contribution in [0.5, 0.6) is 5.75 Å². The maximum atomic E-state index is 13.4. The molecule has 2 aromatic carbocycles. The van der Waals surface area contributed by atoms with Crippen molar-refractivity contribution in [3.63, 3.8) is 0 Å². The van der Waals surface area contributed by atoms with Gasteiger partial charge >= 0.3 is 6.18 Å². The van der Waals surface area contributed by atoms with Crippen LogP contribution in [0, 0.1) is 5.82 Å². The molecule has 0 atom stereocenters. The van der Waals surface area contributed by atoms with Gasteiger partial charge in [-0.2, -0.15) is 13.2 Å². The molecule has 0 heterocycles. The van der Waals surface area contributed by atoms with Crippen molar-refractivity contribution in [2.45, 2.75) is 11.1 Å². The summed E-state index contributed by atoms with van der Waals surface area (Å²) in [5.74, 6) is -1.73. The second-order valence-electron chi connectivity index (χ2n) is 5.71. The molecule has 28 heavy (non-hydrogen) atoms. The Kier molecular flexibility index (Phi) is 6.49. The molecule has 2 aromatic rings. The molecular formula is C17H16F4N2O4S. The van der Waals surface area contributed by atoms with Crippen LogP contribution in [0.3, 0.4) is 0 Å². The molecule has 0 unspecified atom stereocenters. The summed E-state index contributed by atoms with van der Waals surface area (Å²) in [4.78, 5) is 12.0. The molecule has 0 saturated carbocycles. The zero-order valence-electron chi connectivity index (χ0n) is 14.5. The van der Waals surface area contributed by atoms with Gasteiger partial charge in [0, 0.05) is 12.3 Å². The Bertz CT molecular complexity index is 962. The fourth-order valence-corrected chi connectivity index (χ4v) is 3.03. The number of anilines is 2. The first-order valence-corrected chi connectivity index (χ1v) is 9.67. The van der Waals surface area contributed by atoms with Crippen molar-refractivity contribution in [3.8, 4) is 5.75 Å². The number of hydrogen-bond donors (Lipinski definition) is 2. The van der Waals surface area contributed by atoms with Crippen molar-refractivity contribution in [1.29, 1.82) is 0 Å². The van der Waals surface area contributed by atoms with Gasteiger partial charge in [-0.25, -0.2) is 12.8 Å². The van der Waals surface area contributed by atoms with Gasteiger partial charge in [0.2, 0.25) is 5.91 Å². The van der Waals surface area contributed by atoms with Crippen molar-refractivity contribution in [2.24, 2.45) is 0 Å². The minimum Gasteiger partial charge on any atom is -0.482 e. The number of nitrogens with one attached hydrogen (secondary N) is 2. The van der Waals surface area contributed by atoms with Crippen LogP contribution in [0.15, 0.2) is 47.4 Å². The van der Waals surface area contributed by atoms with Crippen LogP contribution >= 0.6 is 0 Å². The number of amides is 1. The molecule has 152 valence electrons. The van der Waals surface area contributed by atoms with Crippen LogP contribution in [0.1, 0.15) is 0 Å². The largest absolute Gasteiger partial charge is 0.482 e. The van der Waals surface area contributed by atoms with Crippen molar-refractivity contribution in [1.82, 2.24) is 0 Å². The molecule has 0 spiro atoms. The maximum Gasteiger partial charge on any atom is 0.422 e. The highest BCUT2D eigenvalue weighted by atomic mass is 32.2. The third-order valence-corrected chi connectivity index (χ3v) is 4.49. The third kappa shape index (κ3) is 6.41. The highest BCUT2D eigenvalue weighted by molar-refractivity contribution is 7.90. The Labute approximate surface area is 158 Å². The van der Waals surface area contributed by atoms with Crippen LogP contribution < -0.4 is 15.4 Å². The summed E-state index contributed by atoms with van der Waals surface area (Å²) in [6.07, 6.45) is -3.61. The number of benzene rings is 2. The van der Waals surface area contributed by atoms with Gasteiger partial charge in [-0.1, -0.05) is 12.1 Å². The first-order chi connectivity index (χ1) is 13.0. The topological polar surface area (TPSA) is 84.5 Å². The van der Waals surface area contributed by atoms with E-state index in [1.54, 1.807) is 0 Å². The molecule has 0 aliphatic heterocycles. The van der Waals surface area contributed by atoms with E-state index in [0.717, 1.165) is 24.5 Å². The lowest BCUT2D eigenvalue weighted by molar-refractivity contribution is -0.153. The first kappa shape index (κ1) is 21.5. The fraction of sp³-hybridized carbons (Fsp3) is 0.235. The number of halogens is 4. The van der Waals surface area contributed by atoms with Crippen LogP contribution in [0.2, 0.25) is 0 Å². The van der Waals surface area contributed by atoms with E-state index in [4.69, 9.17) is 0 Å². The zero-order chi connectivity index (χ0) is 20.9. The van der Waals surface area contributed by atoms with Crippen LogP contribution in [0.25, 0.3) is 0 Å². The Morgan fingerprint density at radius 3 is 2.43 bits per heavy atom. The number of carbonyl (C=O) groups excluding carboxylic acids is 1. The standard InChI is InChI=1S/C17H16F4N2O4S/c1-28(25,26)15-5-3-2-4-12(15)23-16(24)9-22-13-8-11(18)6-7-14(13)27-10-17(19,20)21/h2-8,22H,9-10H2,1H3,(H,23,24). The van der Waals surface area contributed by atoms with Crippen molar-refractivity contribution in [3.05, 3.63) is 48.3 Å². The second kappa shape index (κ2) is 8.46. The highest BCUT2D eigenvalue weighted by Gasteiger charge is 2.29. The van der Waals surface area contributed by atoms with Gasteiger partial charge in [-0.05, 0) is 24.3 Å². The van der Waals surface area contributed by atoms with E-state index in [1.807, 2.05) is 0 Å². The van der Waals surface area contributed by atoms with Gasteiger partial charge in [-0.3, -0.25) is 4.79 Å². The molecular weight excluding hydrogens is 404 g/mol. The quantitative estimate of drug-likeness (QED) is 0.672. The van der Waals surface area contributed by atoms with E-state index >= 15 is 0 Å². The number of para-hydroxylation sites is 1. The van der Waals surface area contributed by atoms with Gasteiger partial charge in [-0.15, -0.1) is 0 Å². The molecule has 0 aliphatic rings. The Morgan fingerprint density at radius 2 is 1.79 bits per heavy atom. The predicted octanol–water partition coefficient (Wildman–Crippen LogP) is 3.22. The summed E-state index contributed by atoms with van der Waals surface area (Å²) in [5.41, 5.74) is -0.111. The zero-order valence-corrected chi connectivity index (χ0v) is 15.3. The molecule has 0 radical (unpaired) electrons. The highest BCUT2D eigenvalue weighted by Crippen LogP contribution is 2.27. The molecule has 0 saturated heterocycles. The molecule has 0 bridgehead atoms. The third-order valence-electron chi connectivity index (χ3n) is 3.33. The average Bonchev–Trinajstić information content (AvgIpc) is 2.58. The summed E-state index contributed by atoms with van der Waals surface area (Å²) in [7, 11) is -3.59. The minimum atomic E-state index is -4.58. The molecule has 0 aromatic heterocycles. The van der Waals surface area contributed by atoms with Gasteiger partial charge in [0.1, 0.15) is 11.6 Å².